The number of hydrogen-bond acceptors (Lipinski definition) is 1. The van der Waals surface area contributed by atoms with Crippen LogP contribution in [-0.4, -0.2) is 14.0 Å². The number of nitrogens with zero attached hydrogens (tertiary/aromatic N) is 4. The van der Waals surface area contributed by atoms with Gasteiger partial charge in [-0.3, -0.25) is 8.97 Å². The molecule has 5 aromatic rings. The Kier molecular flexibility index (Phi) is 4.00. The molecule has 1 saturated carbocycles. The molecule has 7 rings (SSSR count). The fourth-order valence-electron chi connectivity index (χ4n) is 7.29. The summed E-state index contributed by atoms with van der Waals surface area (Å²) in [5, 5.41) is 0. The molecule has 4 heteroatoms. The predicted octanol–water partition coefficient (Wildman–Crippen LogP) is 6.70. The summed E-state index contributed by atoms with van der Waals surface area (Å²) < 4.78 is 7.34. The lowest BCUT2D eigenvalue weighted by molar-refractivity contribution is -0.661. The van der Waals surface area contributed by atoms with Gasteiger partial charge in [0.05, 0.1) is 38.7 Å². The topological polar surface area (TPSA) is 26.1 Å². The van der Waals surface area contributed by atoms with E-state index >= 15 is 0 Å². The summed E-state index contributed by atoms with van der Waals surface area (Å²) in [5.41, 5.74) is 13.3. The van der Waals surface area contributed by atoms with Crippen molar-refractivity contribution in [1.29, 1.82) is 0 Å². The van der Waals surface area contributed by atoms with E-state index in [0.717, 1.165) is 11.3 Å². The number of aromatic nitrogens is 4. The van der Waals surface area contributed by atoms with Gasteiger partial charge in [-0.05, 0) is 75.8 Å². The molecule has 1 fully saturated rings. The zero-order chi connectivity index (χ0) is 23.4. The van der Waals surface area contributed by atoms with Crippen LogP contribution in [-0.2, 0) is 12.6 Å². The largest absolute Gasteiger partial charge is 0.299 e. The van der Waals surface area contributed by atoms with Crippen LogP contribution in [0.25, 0.3) is 39.1 Å². The van der Waals surface area contributed by atoms with Crippen molar-refractivity contribution < 1.29 is 4.57 Å². The highest BCUT2D eigenvalue weighted by Gasteiger charge is 2.44. The average Bonchev–Trinajstić information content (AvgIpc) is 3.34. The SMILES string of the molecule is Cc1c[n+](C)c2c(c1C1CCCCC1)C(C)(C)n1c3c-2c(C)ccc3n2c3ccccc3nc12. The second kappa shape index (κ2) is 6.71. The van der Waals surface area contributed by atoms with Crippen molar-refractivity contribution in [2.24, 2.45) is 7.05 Å². The minimum Gasteiger partial charge on any atom is -0.299 e. The Morgan fingerprint density at radius 3 is 2.50 bits per heavy atom. The van der Waals surface area contributed by atoms with E-state index in [9.17, 15) is 0 Å². The van der Waals surface area contributed by atoms with Crippen LogP contribution in [0.2, 0.25) is 0 Å². The van der Waals surface area contributed by atoms with E-state index in [0.29, 0.717) is 5.92 Å². The van der Waals surface area contributed by atoms with Gasteiger partial charge in [0.25, 0.3) is 0 Å². The second-order valence-corrected chi connectivity index (χ2v) is 11.2. The zero-order valence-electron chi connectivity index (χ0n) is 20.9. The van der Waals surface area contributed by atoms with E-state index in [4.69, 9.17) is 4.98 Å². The van der Waals surface area contributed by atoms with E-state index in [2.05, 4.69) is 90.9 Å². The van der Waals surface area contributed by atoms with E-state index in [-0.39, 0.29) is 5.54 Å². The van der Waals surface area contributed by atoms with Gasteiger partial charge >= 0.3 is 0 Å². The highest BCUT2D eigenvalue weighted by Crippen LogP contribution is 2.50. The van der Waals surface area contributed by atoms with Crippen molar-refractivity contribution in [1.82, 2.24) is 14.0 Å². The van der Waals surface area contributed by atoms with Gasteiger partial charge in [0, 0.05) is 5.56 Å². The summed E-state index contributed by atoms with van der Waals surface area (Å²) in [6.45, 7) is 9.44. The first kappa shape index (κ1) is 20.3. The Balaban J connectivity index is 1.70. The molecular formula is C30H33N4+. The maximum atomic E-state index is 5.20. The Morgan fingerprint density at radius 1 is 0.941 bits per heavy atom. The Hall–Kier alpha value is -3.14. The number of pyridine rings is 1. The summed E-state index contributed by atoms with van der Waals surface area (Å²) in [6, 6.07) is 13.2. The molecule has 0 spiro atoms. The van der Waals surface area contributed by atoms with Gasteiger partial charge in [0.2, 0.25) is 11.5 Å². The lowest BCUT2D eigenvalue weighted by atomic mass is 9.73. The van der Waals surface area contributed by atoms with Crippen LogP contribution in [0.1, 0.15) is 74.1 Å². The number of aryl methyl sites for hydroxylation is 3. The summed E-state index contributed by atoms with van der Waals surface area (Å²) >= 11 is 0. The van der Waals surface area contributed by atoms with E-state index in [1.807, 2.05) is 0 Å². The van der Waals surface area contributed by atoms with E-state index in [1.165, 1.54) is 76.6 Å². The number of para-hydroxylation sites is 2. The molecular weight excluding hydrogens is 416 g/mol. The van der Waals surface area contributed by atoms with Crippen molar-refractivity contribution in [3.05, 3.63) is 64.8 Å². The van der Waals surface area contributed by atoms with Gasteiger partial charge in [-0.1, -0.05) is 37.5 Å². The van der Waals surface area contributed by atoms with Crippen molar-refractivity contribution in [2.45, 2.75) is 71.3 Å². The van der Waals surface area contributed by atoms with Gasteiger partial charge in [-0.2, -0.15) is 0 Å². The highest BCUT2D eigenvalue weighted by molar-refractivity contribution is 6.01. The molecule has 4 nitrogen and oxygen atoms in total. The summed E-state index contributed by atoms with van der Waals surface area (Å²) in [4.78, 5) is 5.20. The van der Waals surface area contributed by atoms with Gasteiger partial charge in [-0.15, -0.1) is 0 Å². The fraction of sp³-hybridized carbons (Fsp3) is 0.400. The van der Waals surface area contributed by atoms with Gasteiger partial charge in [-0.25, -0.2) is 9.55 Å². The minimum atomic E-state index is -0.211. The van der Waals surface area contributed by atoms with Gasteiger partial charge in [0.15, 0.2) is 6.20 Å². The molecule has 0 bridgehead atoms. The quantitative estimate of drug-likeness (QED) is 0.262. The molecule has 0 N–H and O–H groups in total. The lowest BCUT2D eigenvalue weighted by Crippen LogP contribution is -2.42. The molecule has 34 heavy (non-hydrogen) atoms. The van der Waals surface area contributed by atoms with Crippen molar-refractivity contribution in [3.63, 3.8) is 0 Å². The monoisotopic (exact) mass is 449 g/mol. The summed E-state index contributed by atoms with van der Waals surface area (Å²) in [7, 11) is 2.24. The van der Waals surface area contributed by atoms with Crippen LogP contribution in [0.3, 0.4) is 0 Å². The first-order valence-electron chi connectivity index (χ1n) is 12.8. The first-order chi connectivity index (χ1) is 16.4. The van der Waals surface area contributed by atoms with Crippen molar-refractivity contribution >= 4 is 27.8 Å². The molecule has 2 aromatic carbocycles. The summed E-state index contributed by atoms with van der Waals surface area (Å²) in [5.74, 6) is 1.70. The number of rotatable bonds is 1. The molecule has 172 valence electrons. The molecule has 3 aromatic heterocycles. The molecule has 0 amide bonds. The molecule has 1 aliphatic carbocycles. The highest BCUT2D eigenvalue weighted by atomic mass is 15.2. The molecule has 0 radical (unpaired) electrons. The van der Waals surface area contributed by atoms with Gasteiger partial charge < -0.3 is 0 Å². The van der Waals surface area contributed by atoms with Crippen molar-refractivity contribution in [3.8, 4) is 11.3 Å². The number of hydrogen-bond donors (Lipinski definition) is 0. The van der Waals surface area contributed by atoms with Crippen LogP contribution >= 0.6 is 0 Å². The molecule has 4 heterocycles. The van der Waals surface area contributed by atoms with E-state index in [1.54, 1.807) is 5.56 Å². The molecule has 1 aliphatic heterocycles. The standard InChI is InChI=1S/C30H33N4/c1-18-15-16-23-27-25(18)28-26(24(19(2)17-32(28)5)20-11-7-6-8-12-20)30(3,4)34(27)29-31-21-13-9-10-14-22(21)33(23)29/h9-10,13-17,20H,6-8,11-12H2,1-5H3/q+1. The predicted molar refractivity (Wildman–Crippen MR) is 139 cm³/mol. The van der Waals surface area contributed by atoms with Crippen LogP contribution in [0.4, 0.5) is 0 Å². The second-order valence-electron chi connectivity index (χ2n) is 11.2. The normalized spacial score (nSPS) is 17.7. The van der Waals surface area contributed by atoms with E-state index < -0.39 is 0 Å². The van der Waals surface area contributed by atoms with Gasteiger partial charge in [0.1, 0.15) is 7.05 Å². The maximum Gasteiger partial charge on any atom is 0.220 e. The Labute approximate surface area is 200 Å². The average molecular weight is 450 g/mol. The van der Waals surface area contributed by atoms with Crippen LogP contribution in [0.15, 0.2) is 42.6 Å². The maximum absolute atomic E-state index is 5.20. The lowest BCUT2D eigenvalue weighted by Gasteiger charge is -2.38. The minimum absolute atomic E-state index is 0.211. The molecule has 0 atom stereocenters. The smallest absolute Gasteiger partial charge is 0.220 e. The Morgan fingerprint density at radius 2 is 1.71 bits per heavy atom. The molecule has 0 saturated heterocycles. The van der Waals surface area contributed by atoms with Crippen LogP contribution < -0.4 is 4.57 Å². The number of fused-ring (bicyclic) bond motifs is 7. The molecule has 2 aliphatic rings. The number of benzene rings is 2. The summed E-state index contributed by atoms with van der Waals surface area (Å²) in [6.07, 6.45) is 9.07. The third-order valence-corrected chi connectivity index (χ3v) is 8.66. The van der Waals surface area contributed by atoms with Crippen LogP contribution in [0, 0.1) is 13.8 Å². The van der Waals surface area contributed by atoms with Crippen LogP contribution in [0.5, 0.6) is 0 Å². The number of imidazole rings is 2. The third kappa shape index (κ3) is 2.39. The first-order valence-corrected chi connectivity index (χ1v) is 12.8. The zero-order valence-corrected chi connectivity index (χ0v) is 20.9. The fourth-order valence-corrected chi connectivity index (χ4v) is 7.29. The molecule has 0 unspecified atom stereocenters. The Bertz CT molecular complexity index is 1640. The van der Waals surface area contributed by atoms with Crippen molar-refractivity contribution in [2.75, 3.05) is 0 Å². The third-order valence-electron chi connectivity index (χ3n) is 8.66.